The maximum atomic E-state index is 15.1. The van der Waals surface area contributed by atoms with Crippen LogP contribution in [0.1, 0.15) is 62.0 Å². The lowest BCUT2D eigenvalue weighted by Gasteiger charge is -2.42. The van der Waals surface area contributed by atoms with Crippen LogP contribution in [0.3, 0.4) is 0 Å². The number of alkyl halides is 1. The summed E-state index contributed by atoms with van der Waals surface area (Å²) in [6, 6.07) is 3.69. The first kappa shape index (κ1) is 24.3. The minimum Gasteiger partial charge on any atom is -0.478 e. The van der Waals surface area contributed by atoms with Gasteiger partial charge in [0, 0.05) is 11.5 Å². The maximum absolute atomic E-state index is 15.1. The largest absolute Gasteiger partial charge is 0.478 e. The van der Waals surface area contributed by atoms with Crippen molar-refractivity contribution in [3.63, 3.8) is 0 Å². The van der Waals surface area contributed by atoms with Crippen LogP contribution in [0, 0.1) is 5.82 Å². The van der Waals surface area contributed by atoms with Gasteiger partial charge in [0.15, 0.2) is 8.32 Å². The van der Waals surface area contributed by atoms with Crippen LogP contribution in [0.15, 0.2) is 24.4 Å². The summed E-state index contributed by atoms with van der Waals surface area (Å²) in [5.41, 5.74) is 6.69. The molecule has 1 aliphatic carbocycles. The van der Waals surface area contributed by atoms with Crippen LogP contribution in [0.5, 0.6) is 0 Å². The Bertz CT molecular complexity index is 1010. The molecule has 2 aromatic rings. The van der Waals surface area contributed by atoms with Crippen molar-refractivity contribution in [2.24, 2.45) is 0 Å². The molecule has 1 fully saturated rings. The fraction of sp³-hybridized carbons (Fsp3) is 0.522. The number of halogens is 2. The first-order chi connectivity index (χ1) is 14.8. The van der Waals surface area contributed by atoms with E-state index in [0.29, 0.717) is 24.1 Å². The molecule has 0 spiro atoms. The fourth-order valence-corrected chi connectivity index (χ4v) is 5.08. The minimum absolute atomic E-state index is 0.00631. The first-order valence-corrected chi connectivity index (χ1v) is 13.7. The Morgan fingerprint density at radius 1 is 1.28 bits per heavy atom. The summed E-state index contributed by atoms with van der Waals surface area (Å²) in [6.07, 6.45) is 1.55. The molecule has 0 unspecified atom stereocenters. The van der Waals surface area contributed by atoms with Gasteiger partial charge in [-0.2, -0.15) is 0 Å². The number of rotatable bonds is 5. The van der Waals surface area contributed by atoms with Crippen molar-refractivity contribution >= 4 is 20.1 Å². The summed E-state index contributed by atoms with van der Waals surface area (Å²) in [4.78, 5) is 19.8. The number of aromatic carboxylic acids is 1. The van der Waals surface area contributed by atoms with E-state index in [1.807, 2.05) is 0 Å². The molecule has 0 amide bonds. The van der Waals surface area contributed by atoms with Crippen molar-refractivity contribution in [2.75, 3.05) is 5.73 Å². The monoisotopic (exact) mass is 463 g/mol. The van der Waals surface area contributed by atoms with Crippen molar-refractivity contribution in [1.82, 2.24) is 9.97 Å². The molecule has 3 N–H and O–H groups in total. The van der Waals surface area contributed by atoms with Gasteiger partial charge in [-0.25, -0.2) is 23.5 Å². The number of aromatic nitrogens is 2. The Balaban J connectivity index is 1.79. The zero-order valence-electron chi connectivity index (χ0n) is 19.2. The van der Waals surface area contributed by atoms with Crippen LogP contribution >= 0.6 is 0 Å². The van der Waals surface area contributed by atoms with Crippen LogP contribution in [0.4, 0.5) is 14.6 Å². The van der Waals surface area contributed by atoms with E-state index in [1.54, 1.807) is 0 Å². The summed E-state index contributed by atoms with van der Waals surface area (Å²) in [6.45, 7) is 10.6. The van der Waals surface area contributed by atoms with Crippen molar-refractivity contribution in [1.29, 1.82) is 0 Å². The number of benzene rings is 1. The van der Waals surface area contributed by atoms with Gasteiger partial charge < -0.3 is 15.3 Å². The number of carboxylic acid groups (broad SMARTS) is 1. The highest BCUT2D eigenvalue weighted by Gasteiger charge is 2.43. The summed E-state index contributed by atoms with van der Waals surface area (Å²) >= 11 is 0. The predicted molar refractivity (Wildman–Crippen MR) is 122 cm³/mol. The Kier molecular flexibility index (Phi) is 6.71. The molecule has 1 aliphatic rings. The number of nitrogens with two attached hydrogens (primary N) is 1. The van der Waals surface area contributed by atoms with Crippen molar-refractivity contribution < 1.29 is 23.1 Å². The van der Waals surface area contributed by atoms with E-state index in [0.717, 1.165) is 6.07 Å². The van der Waals surface area contributed by atoms with Gasteiger partial charge in [0.05, 0.1) is 23.6 Å². The lowest BCUT2D eigenvalue weighted by atomic mass is 9.84. The molecule has 1 aromatic carbocycles. The van der Waals surface area contributed by atoms with Gasteiger partial charge in [0.25, 0.3) is 0 Å². The van der Waals surface area contributed by atoms with E-state index in [-0.39, 0.29) is 28.9 Å². The highest BCUT2D eigenvalue weighted by atomic mass is 28.4. The number of anilines is 1. The highest BCUT2D eigenvalue weighted by Crippen LogP contribution is 2.42. The second kappa shape index (κ2) is 8.86. The Labute approximate surface area is 188 Å². The lowest BCUT2D eigenvalue weighted by Crippen LogP contribution is -2.47. The third kappa shape index (κ3) is 4.99. The summed E-state index contributed by atoms with van der Waals surface area (Å²) in [7, 11) is -2.08. The van der Waals surface area contributed by atoms with Crippen molar-refractivity contribution in [2.45, 2.75) is 76.4 Å². The molecular formula is C23H31F2N3O3Si. The Morgan fingerprint density at radius 3 is 2.53 bits per heavy atom. The highest BCUT2D eigenvalue weighted by molar-refractivity contribution is 6.74. The number of carbonyl (C=O) groups is 1. The van der Waals surface area contributed by atoms with Crippen LogP contribution in [0.25, 0.3) is 11.3 Å². The van der Waals surface area contributed by atoms with E-state index in [9.17, 15) is 9.18 Å². The number of hydrogen-bond donors (Lipinski definition) is 2. The standard InChI is InChI=1S/C23H31F2N3O3Si/c1-23(2,3)32(4,5)31-19-9-7-13(10-17(19)25)18-12-27-21(26)20(28-18)14-6-8-15(22(29)30)16(24)11-14/h6,8,11-13,17,19H,7,9-10H2,1-5H3,(H2,26,27)(H,29,30)/t13-,17-,19-/m0/s1. The molecule has 0 bridgehead atoms. The van der Waals surface area contributed by atoms with Gasteiger partial charge in [-0.05, 0) is 49.5 Å². The molecular weight excluding hydrogens is 432 g/mol. The zero-order valence-corrected chi connectivity index (χ0v) is 20.2. The normalized spacial score (nSPS) is 22.0. The molecule has 6 nitrogen and oxygen atoms in total. The summed E-state index contributed by atoms with van der Waals surface area (Å²) < 4.78 is 35.6. The molecule has 0 saturated heterocycles. The zero-order chi connectivity index (χ0) is 23.8. The van der Waals surface area contributed by atoms with Gasteiger partial charge in [0.1, 0.15) is 23.5 Å². The molecule has 0 radical (unpaired) electrons. The topological polar surface area (TPSA) is 98.3 Å². The third-order valence-corrected chi connectivity index (χ3v) is 11.2. The molecule has 32 heavy (non-hydrogen) atoms. The van der Waals surface area contributed by atoms with Crippen LogP contribution in [-0.4, -0.2) is 41.6 Å². The quantitative estimate of drug-likeness (QED) is 0.564. The molecule has 174 valence electrons. The van der Waals surface area contributed by atoms with E-state index in [4.69, 9.17) is 15.3 Å². The second-order valence-electron chi connectivity index (χ2n) is 9.97. The number of nitrogen functional groups attached to an aromatic ring is 1. The summed E-state index contributed by atoms with van der Waals surface area (Å²) in [5.74, 6) is -2.29. The average Bonchev–Trinajstić information content (AvgIpc) is 2.68. The maximum Gasteiger partial charge on any atom is 0.338 e. The van der Waals surface area contributed by atoms with Crippen molar-refractivity contribution in [3.05, 3.63) is 41.5 Å². The molecule has 1 aromatic heterocycles. The molecule has 0 aliphatic heterocycles. The van der Waals surface area contributed by atoms with Gasteiger partial charge in [0.2, 0.25) is 0 Å². The predicted octanol–water partition coefficient (Wildman–Crippen LogP) is 5.56. The second-order valence-corrected chi connectivity index (χ2v) is 14.7. The molecule has 9 heteroatoms. The minimum atomic E-state index is -2.08. The van der Waals surface area contributed by atoms with Crippen LogP contribution in [0.2, 0.25) is 18.1 Å². The van der Waals surface area contributed by atoms with Gasteiger partial charge in [-0.3, -0.25) is 0 Å². The summed E-state index contributed by atoms with van der Waals surface area (Å²) in [5, 5.41) is 9.03. The van der Waals surface area contributed by atoms with E-state index in [2.05, 4.69) is 43.8 Å². The molecule has 1 saturated carbocycles. The van der Waals surface area contributed by atoms with Gasteiger partial charge >= 0.3 is 5.97 Å². The molecule has 1 heterocycles. The van der Waals surface area contributed by atoms with Gasteiger partial charge in [-0.1, -0.05) is 26.8 Å². The van der Waals surface area contributed by atoms with Gasteiger partial charge in [-0.15, -0.1) is 0 Å². The number of nitrogens with zero attached hydrogens (tertiary/aromatic N) is 2. The van der Waals surface area contributed by atoms with E-state index in [1.165, 1.54) is 18.3 Å². The molecule has 3 rings (SSSR count). The average molecular weight is 464 g/mol. The first-order valence-electron chi connectivity index (χ1n) is 10.8. The van der Waals surface area contributed by atoms with Crippen LogP contribution < -0.4 is 5.73 Å². The van der Waals surface area contributed by atoms with E-state index < -0.39 is 37.9 Å². The Hall–Kier alpha value is -2.39. The fourth-order valence-electron chi connectivity index (χ4n) is 3.70. The SMILES string of the molecule is CC(C)(C)[Si](C)(C)O[C@H]1CC[C@H](c2cnc(N)c(-c3ccc(C(=O)O)c(F)c3)n2)C[C@@H]1F. The van der Waals surface area contributed by atoms with E-state index >= 15 is 4.39 Å². The van der Waals surface area contributed by atoms with Crippen LogP contribution in [-0.2, 0) is 4.43 Å². The Morgan fingerprint density at radius 2 is 1.97 bits per heavy atom. The third-order valence-electron chi connectivity index (χ3n) is 6.68. The number of hydrogen-bond acceptors (Lipinski definition) is 5. The number of carboxylic acids is 1. The lowest BCUT2D eigenvalue weighted by molar-refractivity contribution is 0.0448. The van der Waals surface area contributed by atoms with Crippen molar-refractivity contribution in [3.8, 4) is 11.3 Å². The smallest absolute Gasteiger partial charge is 0.338 e. The molecule has 3 atom stereocenters.